The molecule has 8 heteroatoms. The highest BCUT2D eigenvalue weighted by atomic mass is 16.6. The molecule has 0 radical (unpaired) electrons. The number of ether oxygens (including phenoxy) is 2. The van der Waals surface area contributed by atoms with E-state index in [0.29, 0.717) is 24.6 Å². The number of imidazole rings is 1. The van der Waals surface area contributed by atoms with Gasteiger partial charge in [-0.2, -0.15) is 5.26 Å². The number of fused-ring (bicyclic) bond motifs is 1. The van der Waals surface area contributed by atoms with Crippen LogP contribution in [0.5, 0.6) is 5.88 Å². The fourth-order valence-electron chi connectivity index (χ4n) is 5.40. The van der Waals surface area contributed by atoms with Crippen LogP contribution >= 0.6 is 0 Å². The normalized spacial score (nSPS) is 24.8. The van der Waals surface area contributed by atoms with Crippen molar-refractivity contribution in [2.24, 2.45) is 5.41 Å². The van der Waals surface area contributed by atoms with Gasteiger partial charge < -0.3 is 14.0 Å². The van der Waals surface area contributed by atoms with Gasteiger partial charge >= 0.3 is 6.09 Å². The Balaban J connectivity index is 1.36. The van der Waals surface area contributed by atoms with Crippen LogP contribution in [-0.2, 0) is 11.3 Å². The Labute approximate surface area is 192 Å². The first-order valence-electron chi connectivity index (χ1n) is 11.4. The number of nitrogens with zero attached hydrogens (tertiary/aromatic N) is 5. The number of aromatic nitrogens is 3. The van der Waals surface area contributed by atoms with Gasteiger partial charge in [-0.05, 0) is 62.3 Å². The fraction of sp³-hybridized carbons (Fsp3) is 0.440. The van der Waals surface area contributed by atoms with Crippen molar-refractivity contribution in [2.45, 2.75) is 51.7 Å². The molecule has 2 aliphatic rings. The van der Waals surface area contributed by atoms with Gasteiger partial charge in [0.2, 0.25) is 5.88 Å². The van der Waals surface area contributed by atoms with Crippen LogP contribution in [0.3, 0.4) is 0 Å². The van der Waals surface area contributed by atoms with Crippen LogP contribution in [0, 0.1) is 16.7 Å². The Morgan fingerprint density at radius 1 is 1.24 bits per heavy atom. The molecule has 0 bridgehead atoms. The average Bonchev–Trinajstić information content (AvgIpc) is 3.33. The minimum Gasteiger partial charge on any atom is -0.478 e. The van der Waals surface area contributed by atoms with E-state index in [2.05, 4.69) is 27.5 Å². The van der Waals surface area contributed by atoms with Gasteiger partial charge in [-0.3, -0.25) is 4.90 Å². The minimum atomic E-state index is -0.517. The molecule has 170 valence electrons. The standard InChI is InChI=1S/C25H27N5O3/c1-3-32-22-8-6-19(13-27-22)30-16-25(33-23(30)31)10-4-9-24(2,14-25)15-29-17-28-20-7-5-18(12-26)11-21(20)29/h5-8,11,13,17H,3-4,9-10,14-16H2,1-2H3. The van der Waals surface area contributed by atoms with Gasteiger partial charge in [-0.1, -0.05) is 6.92 Å². The van der Waals surface area contributed by atoms with E-state index < -0.39 is 5.60 Å². The number of hydrogen-bond donors (Lipinski definition) is 0. The van der Waals surface area contributed by atoms with E-state index in [1.807, 2.05) is 31.5 Å². The molecule has 1 amide bonds. The van der Waals surface area contributed by atoms with Crippen LogP contribution < -0.4 is 9.64 Å². The maximum atomic E-state index is 12.8. The highest BCUT2D eigenvalue weighted by Gasteiger charge is 2.51. The number of hydrogen-bond acceptors (Lipinski definition) is 6. The summed E-state index contributed by atoms with van der Waals surface area (Å²) in [5.41, 5.74) is 2.60. The molecule has 2 fully saturated rings. The number of pyridine rings is 1. The lowest BCUT2D eigenvalue weighted by atomic mass is 9.68. The molecule has 2 aromatic heterocycles. The van der Waals surface area contributed by atoms with E-state index in [0.717, 1.165) is 48.9 Å². The third kappa shape index (κ3) is 3.99. The Morgan fingerprint density at radius 2 is 2.12 bits per heavy atom. The lowest BCUT2D eigenvalue weighted by molar-refractivity contribution is -0.0264. The van der Waals surface area contributed by atoms with Gasteiger partial charge in [0.15, 0.2) is 0 Å². The molecular formula is C25H27N5O3. The second-order valence-electron chi connectivity index (χ2n) is 9.45. The molecular weight excluding hydrogens is 418 g/mol. The number of amides is 1. The Morgan fingerprint density at radius 3 is 2.88 bits per heavy atom. The Hall–Kier alpha value is -3.60. The first-order chi connectivity index (χ1) is 15.9. The smallest absolute Gasteiger partial charge is 0.415 e. The van der Waals surface area contributed by atoms with Gasteiger partial charge in [0.1, 0.15) is 5.60 Å². The number of carbonyl (C=O) groups is 1. The first kappa shape index (κ1) is 21.3. The van der Waals surface area contributed by atoms with Crippen molar-refractivity contribution in [1.29, 1.82) is 5.26 Å². The second kappa shape index (κ2) is 8.07. The van der Waals surface area contributed by atoms with Gasteiger partial charge in [0.25, 0.3) is 0 Å². The average molecular weight is 446 g/mol. The number of rotatable bonds is 5. The predicted octanol–water partition coefficient (Wildman–Crippen LogP) is 4.68. The van der Waals surface area contributed by atoms with Crippen molar-refractivity contribution < 1.29 is 14.3 Å². The Bertz CT molecular complexity index is 1230. The lowest BCUT2D eigenvalue weighted by Gasteiger charge is -2.43. The number of anilines is 1. The summed E-state index contributed by atoms with van der Waals surface area (Å²) < 4.78 is 13.6. The largest absolute Gasteiger partial charge is 0.478 e. The molecule has 1 saturated carbocycles. The van der Waals surface area contributed by atoms with Crippen LogP contribution in [0.2, 0.25) is 0 Å². The summed E-state index contributed by atoms with van der Waals surface area (Å²) in [4.78, 5) is 23.3. The molecule has 1 aliphatic carbocycles. The van der Waals surface area contributed by atoms with Gasteiger partial charge in [-0.15, -0.1) is 0 Å². The number of carbonyl (C=O) groups excluding carboxylic acids is 1. The third-order valence-corrected chi connectivity index (χ3v) is 6.76. The topological polar surface area (TPSA) is 93.3 Å². The van der Waals surface area contributed by atoms with E-state index in [9.17, 15) is 10.1 Å². The monoisotopic (exact) mass is 445 g/mol. The number of nitriles is 1. The summed E-state index contributed by atoms with van der Waals surface area (Å²) in [6.07, 6.45) is 6.82. The van der Waals surface area contributed by atoms with Crippen molar-refractivity contribution in [3.8, 4) is 11.9 Å². The molecule has 3 heterocycles. The summed E-state index contributed by atoms with van der Waals surface area (Å²) in [6.45, 7) is 5.97. The highest BCUT2D eigenvalue weighted by molar-refractivity contribution is 5.90. The van der Waals surface area contributed by atoms with Crippen LogP contribution in [0.25, 0.3) is 11.0 Å². The SMILES string of the molecule is CCOc1ccc(N2CC3(CCCC(C)(Cn4cnc5ccc(C#N)cc54)C3)OC2=O)cn1. The van der Waals surface area contributed by atoms with E-state index in [1.165, 1.54) is 0 Å². The lowest BCUT2D eigenvalue weighted by Crippen LogP contribution is -2.45. The summed E-state index contributed by atoms with van der Waals surface area (Å²) in [7, 11) is 0. The maximum Gasteiger partial charge on any atom is 0.415 e. The highest BCUT2D eigenvalue weighted by Crippen LogP contribution is 2.48. The molecule has 0 N–H and O–H groups in total. The zero-order valence-corrected chi connectivity index (χ0v) is 19.0. The zero-order valence-electron chi connectivity index (χ0n) is 19.0. The van der Waals surface area contributed by atoms with Gasteiger partial charge in [0.05, 0.1) is 54.0 Å². The first-order valence-corrected chi connectivity index (χ1v) is 11.4. The molecule has 1 saturated heterocycles. The second-order valence-corrected chi connectivity index (χ2v) is 9.45. The molecule has 1 spiro atoms. The van der Waals surface area contributed by atoms with Crippen LogP contribution in [0.15, 0.2) is 42.9 Å². The summed E-state index contributed by atoms with van der Waals surface area (Å²) in [5, 5.41) is 9.28. The summed E-state index contributed by atoms with van der Waals surface area (Å²) in [5.74, 6) is 0.542. The molecule has 1 aromatic carbocycles. The van der Waals surface area contributed by atoms with Gasteiger partial charge in [-0.25, -0.2) is 14.8 Å². The molecule has 2 unspecified atom stereocenters. The predicted molar refractivity (Wildman–Crippen MR) is 123 cm³/mol. The van der Waals surface area contributed by atoms with Crippen molar-refractivity contribution in [2.75, 3.05) is 18.1 Å². The zero-order chi connectivity index (χ0) is 23.1. The van der Waals surface area contributed by atoms with E-state index in [1.54, 1.807) is 23.2 Å². The summed E-state index contributed by atoms with van der Waals surface area (Å²) >= 11 is 0. The molecule has 1 aliphatic heterocycles. The molecule has 33 heavy (non-hydrogen) atoms. The quantitative estimate of drug-likeness (QED) is 0.566. The van der Waals surface area contributed by atoms with Crippen LogP contribution in [0.4, 0.5) is 10.5 Å². The summed E-state index contributed by atoms with van der Waals surface area (Å²) in [6, 6.07) is 11.4. The fourth-order valence-corrected chi connectivity index (χ4v) is 5.40. The van der Waals surface area contributed by atoms with Crippen molar-refractivity contribution in [3.63, 3.8) is 0 Å². The van der Waals surface area contributed by atoms with E-state index >= 15 is 0 Å². The molecule has 2 atom stereocenters. The van der Waals surface area contributed by atoms with Crippen molar-refractivity contribution >= 4 is 22.8 Å². The van der Waals surface area contributed by atoms with Crippen molar-refractivity contribution in [1.82, 2.24) is 14.5 Å². The van der Waals surface area contributed by atoms with Crippen LogP contribution in [-0.4, -0.2) is 39.4 Å². The Kier molecular flexibility index (Phi) is 5.20. The van der Waals surface area contributed by atoms with E-state index in [4.69, 9.17) is 9.47 Å². The van der Waals surface area contributed by atoms with Crippen LogP contribution in [0.1, 0.15) is 45.1 Å². The molecule has 3 aromatic rings. The van der Waals surface area contributed by atoms with Crippen molar-refractivity contribution in [3.05, 3.63) is 48.4 Å². The van der Waals surface area contributed by atoms with E-state index in [-0.39, 0.29) is 11.5 Å². The van der Waals surface area contributed by atoms with Gasteiger partial charge in [0, 0.05) is 12.6 Å². The minimum absolute atomic E-state index is 0.0676. The molecule has 5 rings (SSSR count). The maximum absolute atomic E-state index is 12.8. The third-order valence-electron chi connectivity index (χ3n) is 6.76. The number of benzene rings is 1. The molecule has 8 nitrogen and oxygen atoms in total.